The summed E-state index contributed by atoms with van der Waals surface area (Å²) in [6, 6.07) is 22.9. The van der Waals surface area contributed by atoms with Crippen LogP contribution < -0.4 is 10.1 Å². The molecule has 1 atom stereocenters. The van der Waals surface area contributed by atoms with Crippen molar-refractivity contribution in [3.8, 4) is 22.8 Å². The maximum Gasteiger partial charge on any atom is 0.410 e. The molecule has 0 unspecified atom stereocenters. The molecule has 0 radical (unpaired) electrons. The van der Waals surface area contributed by atoms with Crippen LogP contribution in [0.15, 0.2) is 84.4 Å². The number of nitrogens with zero attached hydrogens (tertiary/aromatic N) is 3. The van der Waals surface area contributed by atoms with E-state index in [1.165, 1.54) is 18.3 Å². The van der Waals surface area contributed by atoms with Crippen molar-refractivity contribution in [3.05, 3.63) is 100 Å². The lowest BCUT2D eigenvalue weighted by atomic mass is 10.0. The van der Waals surface area contributed by atoms with Gasteiger partial charge in [-0.3, -0.25) is 9.59 Å². The van der Waals surface area contributed by atoms with Crippen molar-refractivity contribution in [1.82, 2.24) is 20.1 Å². The third-order valence-electron chi connectivity index (χ3n) is 7.33. The lowest BCUT2D eigenvalue weighted by Crippen LogP contribution is -2.57. The maximum absolute atomic E-state index is 14.3. The van der Waals surface area contributed by atoms with Crippen molar-refractivity contribution >= 4 is 29.2 Å². The number of rotatable bonds is 8. The van der Waals surface area contributed by atoms with E-state index < -0.39 is 5.60 Å². The largest absolute Gasteiger partial charge is 0.444 e. The van der Waals surface area contributed by atoms with E-state index in [1.807, 2.05) is 97.8 Å². The summed E-state index contributed by atoms with van der Waals surface area (Å²) < 4.78 is 12.0. The van der Waals surface area contributed by atoms with Crippen molar-refractivity contribution < 1.29 is 23.9 Å². The zero-order chi connectivity index (χ0) is 32.0. The van der Waals surface area contributed by atoms with Crippen molar-refractivity contribution in [1.29, 1.82) is 0 Å². The van der Waals surface area contributed by atoms with Crippen molar-refractivity contribution in [2.24, 2.45) is 0 Å². The average molecular weight is 627 g/mol. The summed E-state index contributed by atoms with van der Waals surface area (Å²) in [6.07, 6.45) is 1.87. The Morgan fingerprint density at radius 3 is 2.47 bits per heavy atom. The molecule has 2 aromatic heterocycles. The lowest BCUT2D eigenvalue weighted by molar-refractivity contribution is -0.119. The highest BCUT2D eigenvalue weighted by molar-refractivity contribution is 7.12. The number of hydrogen-bond acceptors (Lipinski definition) is 7. The van der Waals surface area contributed by atoms with Crippen LogP contribution in [0, 0.1) is 0 Å². The third-order valence-corrected chi connectivity index (χ3v) is 8.23. The van der Waals surface area contributed by atoms with Crippen molar-refractivity contribution in [3.63, 3.8) is 0 Å². The number of pyridine rings is 1. The number of benzene rings is 2. The SMILES string of the molecule is CC(=O)NCc1cccnc1Oc1ccccc1-c1ccsc1C(=O)N1CCN(C(=O)OC(C)(C)C)C[C@H]1Cc1ccccc1. The molecular formula is C35H38N4O5S. The predicted octanol–water partition coefficient (Wildman–Crippen LogP) is 6.54. The van der Waals surface area contributed by atoms with Gasteiger partial charge in [-0.15, -0.1) is 11.3 Å². The molecule has 1 aliphatic heterocycles. The Morgan fingerprint density at radius 2 is 1.71 bits per heavy atom. The zero-order valence-electron chi connectivity index (χ0n) is 26.0. The fourth-order valence-electron chi connectivity index (χ4n) is 5.25. The van der Waals surface area contributed by atoms with Crippen LogP contribution in [0.5, 0.6) is 11.6 Å². The number of carbonyl (C=O) groups is 3. The minimum absolute atomic E-state index is 0.0937. The number of aromatic nitrogens is 1. The number of carbonyl (C=O) groups excluding carboxylic acids is 3. The van der Waals surface area contributed by atoms with Gasteiger partial charge in [-0.25, -0.2) is 9.78 Å². The number of para-hydroxylation sites is 1. The number of nitrogens with one attached hydrogen (secondary N) is 1. The monoisotopic (exact) mass is 626 g/mol. The smallest absolute Gasteiger partial charge is 0.410 e. The molecule has 0 saturated carbocycles. The van der Waals surface area contributed by atoms with Gasteiger partial charge in [0.05, 0.1) is 10.9 Å². The highest BCUT2D eigenvalue weighted by atomic mass is 32.1. The van der Waals surface area contributed by atoms with E-state index in [4.69, 9.17) is 9.47 Å². The van der Waals surface area contributed by atoms with Crippen molar-refractivity contribution in [2.45, 2.75) is 52.3 Å². The van der Waals surface area contributed by atoms with E-state index in [-0.39, 0.29) is 30.5 Å². The Balaban J connectivity index is 1.42. The van der Waals surface area contributed by atoms with Gasteiger partial charge in [0.25, 0.3) is 5.91 Å². The summed E-state index contributed by atoms with van der Waals surface area (Å²) in [5, 5.41) is 4.70. The van der Waals surface area contributed by atoms with Crippen LogP contribution in [-0.4, -0.2) is 64.0 Å². The molecule has 1 aliphatic rings. The van der Waals surface area contributed by atoms with Gasteiger partial charge in [0.2, 0.25) is 11.8 Å². The van der Waals surface area contributed by atoms with Gasteiger partial charge in [-0.1, -0.05) is 54.6 Å². The second-order valence-electron chi connectivity index (χ2n) is 11.9. The minimum atomic E-state index is -0.611. The van der Waals surface area contributed by atoms with Gasteiger partial charge in [0.15, 0.2) is 0 Å². The van der Waals surface area contributed by atoms with Gasteiger partial charge >= 0.3 is 6.09 Å². The molecule has 5 rings (SSSR count). The number of amides is 3. The van der Waals surface area contributed by atoms with Gasteiger partial charge in [0, 0.05) is 56.0 Å². The van der Waals surface area contributed by atoms with E-state index in [2.05, 4.69) is 10.3 Å². The Hall–Kier alpha value is -4.70. The second kappa shape index (κ2) is 13.9. The Morgan fingerprint density at radius 1 is 0.956 bits per heavy atom. The topological polar surface area (TPSA) is 101 Å². The fraction of sp³-hybridized carbons (Fsp3) is 0.314. The van der Waals surface area contributed by atoms with Crippen LogP contribution in [0.3, 0.4) is 0 Å². The lowest BCUT2D eigenvalue weighted by Gasteiger charge is -2.41. The third kappa shape index (κ3) is 8.07. The maximum atomic E-state index is 14.3. The van der Waals surface area contributed by atoms with Gasteiger partial charge in [-0.2, -0.15) is 0 Å². The molecule has 1 fully saturated rings. The number of hydrogen-bond donors (Lipinski definition) is 1. The van der Waals surface area contributed by atoms with E-state index in [0.717, 1.165) is 22.3 Å². The van der Waals surface area contributed by atoms with E-state index >= 15 is 0 Å². The Bertz CT molecular complexity index is 1650. The van der Waals surface area contributed by atoms with Crippen LogP contribution in [-0.2, 0) is 22.5 Å². The second-order valence-corrected chi connectivity index (χ2v) is 12.8. The van der Waals surface area contributed by atoms with Crippen LogP contribution >= 0.6 is 11.3 Å². The first kappa shape index (κ1) is 31.7. The zero-order valence-corrected chi connectivity index (χ0v) is 26.8. The minimum Gasteiger partial charge on any atom is -0.444 e. The normalized spacial score (nSPS) is 15.0. The van der Waals surface area contributed by atoms with E-state index in [9.17, 15) is 14.4 Å². The molecule has 9 nitrogen and oxygen atoms in total. The molecule has 10 heteroatoms. The first-order valence-electron chi connectivity index (χ1n) is 14.9. The summed E-state index contributed by atoms with van der Waals surface area (Å²) in [7, 11) is 0. The summed E-state index contributed by atoms with van der Waals surface area (Å²) in [5.41, 5.74) is 2.72. The highest BCUT2D eigenvalue weighted by Crippen LogP contribution is 2.38. The summed E-state index contributed by atoms with van der Waals surface area (Å²) in [5.74, 6) is 0.680. The number of thiophene rings is 1. The van der Waals surface area contributed by atoms with Gasteiger partial charge in [0.1, 0.15) is 11.4 Å². The van der Waals surface area contributed by atoms with Crippen LogP contribution in [0.25, 0.3) is 11.1 Å². The summed E-state index contributed by atoms with van der Waals surface area (Å²) in [4.78, 5) is 47.5. The first-order valence-corrected chi connectivity index (χ1v) is 15.8. The Labute approximate surface area is 267 Å². The molecule has 1 saturated heterocycles. The fourth-order valence-corrected chi connectivity index (χ4v) is 6.11. The molecule has 4 aromatic rings. The Kier molecular flexibility index (Phi) is 9.83. The van der Waals surface area contributed by atoms with Crippen LogP contribution in [0.1, 0.15) is 48.5 Å². The number of ether oxygens (including phenoxy) is 2. The molecule has 2 aromatic carbocycles. The standard InChI is InChI=1S/C35H38N4O5S/c1-24(40)37-22-26-13-10-17-36-32(26)43-30-15-9-8-14-28(30)29-16-20-45-31(29)33(41)39-19-18-38(34(42)44-35(2,3)4)23-27(39)21-25-11-6-5-7-12-25/h5-17,20,27H,18-19,21-23H2,1-4H3,(H,37,40)/t27-/m1/s1. The first-order chi connectivity index (χ1) is 21.6. The number of piperazine rings is 1. The van der Waals surface area contributed by atoms with E-state index in [0.29, 0.717) is 42.6 Å². The van der Waals surface area contributed by atoms with Crippen LogP contribution in [0.2, 0.25) is 0 Å². The quantitative estimate of drug-likeness (QED) is 0.238. The summed E-state index contributed by atoms with van der Waals surface area (Å²) in [6.45, 7) is 8.42. The molecular weight excluding hydrogens is 588 g/mol. The molecule has 1 N–H and O–H groups in total. The molecule has 234 valence electrons. The highest BCUT2D eigenvalue weighted by Gasteiger charge is 2.36. The molecule has 45 heavy (non-hydrogen) atoms. The molecule has 0 spiro atoms. The van der Waals surface area contributed by atoms with E-state index in [1.54, 1.807) is 17.2 Å². The molecule has 3 amide bonds. The van der Waals surface area contributed by atoms with Gasteiger partial charge < -0.3 is 24.6 Å². The summed E-state index contributed by atoms with van der Waals surface area (Å²) >= 11 is 1.38. The molecule has 0 bridgehead atoms. The predicted molar refractivity (Wildman–Crippen MR) is 174 cm³/mol. The van der Waals surface area contributed by atoms with Crippen LogP contribution in [0.4, 0.5) is 4.79 Å². The van der Waals surface area contributed by atoms with Gasteiger partial charge in [-0.05, 0) is 56.3 Å². The van der Waals surface area contributed by atoms with Crippen molar-refractivity contribution in [2.75, 3.05) is 19.6 Å². The molecule has 3 heterocycles. The average Bonchev–Trinajstić information content (AvgIpc) is 3.50. The molecule has 0 aliphatic carbocycles.